The van der Waals surface area contributed by atoms with Crippen molar-refractivity contribution < 1.29 is 4.74 Å². The van der Waals surface area contributed by atoms with E-state index in [1.807, 2.05) is 30.3 Å². The number of pyridine rings is 1. The Morgan fingerprint density at radius 3 is 2.28 bits per heavy atom. The Bertz CT molecular complexity index is 1030. The summed E-state index contributed by atoms with van der Waals surface area (Å²) >= 11 is 0. The van der Waals surface area contributed by atoms with E-state index in [4.69, 9.17) is 4.74 Å². The van der Waals surface area contributed by atoms with Gasteiger partial charge in [-0.25, -0.2) is 4.99 Å². The van der Waals surface area contributed by atoms with E-state index >= 15 is 0 Å². The first-order valence-corrected chi connectivity index (χ1v) is 10.6. The molecule has 6 nitrogen and oxygen atoms in total. The third-order valence-corrected chi connectivity index (χ3v) is 4.90. The first kappa shape index (κ1) is 25.5. The van der Waals surface area contributed by atoms with Crippen molar-refractivity contribution in [3.63, 3.8) is 0 Å². The Balaban J connectivity index is 0.00000363. The lowest BCUT2D eigenvalue weighted by Gasteiger charge is -2.12. The lowest BCUT2D eigenvalue weighted by molar-refractivity contribution is 0.414. The molecule has 2 aromatic carbocycles. The van der Waals surface area contributed by atoms with E-state index in [1.54, 1.807) is 30.0 Å². The molecule has 7 heteroatoms. The highest BCUT2D eigenvalue weighted by Gasteiger charge is 2.01. The number of halogens is 1. The lowest BCUT2D eigenvalue weighted by atomic mass is 10.1. The van der Waals surface area contributed by atoms with Crippen LogP contribution in [0.15, 0.2) is 82.7 Å². The summed E-state index contributed by atoms with van der Waals surface area (Å²) in [5, 5.41) is 6.68. The Labute approximate surface area is 206 Å². The number of aliphatic imine (C=N–C) groups is 1. The number of hydrogen-bond acceptors (Lipinski definition) is 3. The van der Waals surface area contributed by atoms with Gasteiger partial charge in [-0.05, 0) is 48.2 Å². The molecule has 0 aliphatic carbocycles. The Morgan fingerprint density at radius 2 is 1.62 bits per heavy atom. The van der Waals surface area contributed by atoms with Crippen molar-refractivity contribution in [2.75, 3.05) is 20.2 Å². The number of rotatable bonds is 9. The normalized spacial score (nSPS) is 10.9. The first-order chi connectivity index (χ1) is 15.2. The lowest BCUT2D eigenvalue weighted by Crippen LogP contribution is -2.38. The Kier molecular flexibility index (Phi) is 10.8. The molecule has 1 aromatic heterocycles. The van der Waals surface area contributed by atoms with Crippen molar-refractivity contribution in [1.29, 1.82) is 0 Å². The number of guanidine groups is 1. The average molecular weight is 546 g/mol. The zero-order valence-electron chi connectivity index (χ0n) is 18.6. The van der Waals surface area contributed by atoms with Crippen LogP contribution in [-0.2, 0) is 19.5 Å². The Hall–Kier alpha value is -2.81. The highest BCUT2D eigenvalue weighted by molar-refractivity contribution is 14.0. The van der Waals surface area contributed by atoms with Gasteiger partial charge in [-0.3, -0.25) is 4.79 Å². The molecular formula is C25H31IN4O2. The van der Waals surface area contributed by atoms with Crippen molar-refractivity contribution in [2.24, 2.45) is 4.99 Å². The second-order valence-electron chi connectivity index (χ2n) is 7.20. The fraction of sp³-hybridized carbons (Fsp3) is 0.280. The summed E-state index contributed by atoms with van der Waals surface area (Å²) in [5.74, 6) is 1.67. The van der Waals surface area contributed by atoms with E-state index in [9.17, 15) is 4.79 Å². The predicted molar refractivity (Wildman–Crippen MR) is 141 cm³/mol. The van der Waals surface area contributed by atoms with E-state index in [1.165, 1.54) is 5.56 Å². The van der Waals surface area contributed by atoms with Crippen LogP contribution in [0.25, 0.3) is 0 Å². The molecular weight excluding hydrogens is 515 g/mol. The summed E-state index contributed by atoms with van der Waals surface area (Å²) in [6, 6.07) is 21.5. The largest absolute Gasteiger partial charge is 0.497 e. The maximum Gasteiger partial charge on any atom is 0.250 e. The van der Waals surface area contributed by atoms with Gasteiger partial charge in [0.1, 0.15) is 5.75 Å². The smallest absolute Gasteiger partial charge is 0.250 e. The number of nitrogens with one attached hydrogen (secondary N) is 2. The average Bonchev–Trinajstić information content (AvgIpc) is 2.80. The molecule has 170 valence electrons. The zero-order valence-corrected chi connectivity index (χ0v) is 20.9. The second-order valence-corrected chi connectivity index (χ2v) is 7.20. The quantitative estimate of drug-likeness (QED) is 0.243. The van der Waals surface area contributed by atoms with Gasteiger partial charge in [-0.2, -0.15) is 0 Å². The number of aromatic nitrogens is 1. The summed E-state index contributed by atoms with van der Waals surface area (Å²) in [5.41, 5.74) is 3.46. The van der Waals surface area contributed by atoms with Gasteiger partial charge >= 0.3 is 0 Å². The third-order valence-electron chi connectivity index (χ3n) is 4.90. The zero-order chi connectivity index (χ0) is 21.9. The molecule has 3 aromatic rings. The molecule has 0 unspecified atom stereocenters. The third kappa shape index (κ3) is 8.03. The van der Waals surface area contributed by atoms with E-state index in [0.29, 0.717) is 13.1 Å². The molecule has 0 saturated heterocycles. The first-order valence-electron chi connectivity index (χ1n) is 10.6. The molecule has 0 aliphatic heterocycles. The van der Waals surface area contributed by atoms with Gasteiger partial charge in [-0.1, -0.05) is 42.5 Å². The monoisotopic (exact) mass is 546 g/mol. The van der Waals surface area contributed by atoms with Crippen molar-refractivity contribution in [1.82, 2.24) is 15.2 Å². The minimum Gasteiger partial charge on any atom is -0.497 e. The standard InChI is InChI=1S/C25H30N4O2.HI/c1-3-26-25(27-16-15-20-11-13-23(31-2)14-12-20)28-18-21-7-9-22(10-8-21)19-29-17-5-4-6-24(29)30;/h4-14,17H,3,15-16,18-19H2,1-2H3,(H2,26,27,28);1H. The fourth-order valence-electron chi connectivity index (χ4n) is 3.17. The van der Waals surface area contributed by atoms with Crippen LogP contribution in [0.1, 0.15) is 23.6 Å². The molecule has 0 saturated carbocycles. The van der Waals surface area contributed by atoms with Crippen LogP contribution in [-0.4, -0.2) is 30.7 Å². The molecule has 0 fully saturated rings. The summed E-state index contributed by atoms with van der Waals surface area (Å²) < 4.78 is 6.90. The molecule has 3 rings (SSSR count). The van der Waals surface area contributed by atoms with Crippen molar-refractivity contribution >= 4 is 29.9 Å². The SMILES string of the molecule is CCNC(=NCc1ccc(Cn2ccccc2=O)cc1)NCCc1ccc(OC)cc1.I. The highest BCUT2D eigenvalue weighted by atomic mass is 127. The van der Waals surface area contributed by atoms with Crippen LogP contribution in [0.3, 0.4) is 0 Å². The number of methoxy groups -OCH3 is 1. The van der Waals surface area contributed by atoms with Gasteiger partial charge in [0, 0.05) is 25.4 Å². The molecule has 0 atom stereocenters. The van der Waals surface area contributed by atoms with Gasteiger partial charge in [0.15, 0.2) is 5.96 Å². The fourth-order valence-corrected chi connectivity index (χ4v) is 3.17. The van der Waals surface area contributed by atoms with Crippen LogP contribution in [0.4, 0.5) is 0 Å². The predicted octanol–water partition coefficient (Wildman–Crippen LogP) is 3.82. The van der Waals surface area contributed by atoms with Crippen LogP contribution < -0.4 is 20.9 Å². The maximum atomic E-state index is 11.9. The molecule has 0 spiro atoms. The molecule has 0 bridgehead atoms. The maximum absolute atomic E-state index is 11.9. The molecule has 0 aliphatic rings. The topological polar surface area (TPSA) is 67.7 Å². The van der Waals surface area contributed by atoms with Gasteiger partial charge < -0.3 is 19.9 Å². The van der Waals surface area contributed by atoms with Crippen molar-refractivity contribution in [2.45, 2.75) is 26.4 Å². The molecule has 32 heavy (non-hydrogen) atoms. The highest BCUT2D eigenvalue weighted by Crippen LogP contribution is 2.11. The van der Waals surface area contributed by atoms with Crippen LogP contribution in [0, 0.1) is 0 Å². The van der Waals surface area contributed by atoms with Crippen molar-refractivity contribution in [3.05, 3.63) is 100.0 Å². The number of ether oxygens (including phenoxy) is 1. The molecule has 0 amide bonds. The van der Waals surface area contributed by atoms with E-state index in [0.717, 1.165) is 42.3 Å². The van der Waals surface area contributed by atoms with E-state index in [-0.39, 0.29) is 29.5 Å². The van der Waals surface area contributed by atoms with Gasteiger partial charge in [0.2, 0.25) is 0 Å². The van der Waals surface area contributed by atoms with Crippen molar-refractivity contribution in [3.8, 4) is 5.75 Å². The van der Waals surface area contributed by atoms with E-state index in [2.05, 4.69) is 46.8 Å². The molecule has 1 heterocycles. The van der Waals surface area contributed by atoms with Crippen LogP contribution in [0.5, 0.6) is 5.75 Å². The summed E-state index contributed by atoms with van der Waals surface area (Å²) in [6.07, 6.45) is 2.71. The molecule has 0 radical (unpaired) electrons. The molecule has 2 N–H and O–H groups in total. The second kappa shape index (κ2) is 13.6. The summed E-state index contributed by atoms with van der Waals surface area (Å²) in [6.45, 7) is 4.81. The summed E-state index contributed by atoms with van der Waals surface area (Å²) in [4.78, 5) is 16.6. The number of nitrogens with zero attached hydrogens (tertiary/aromatic N) is 2. The Morgan fingerprint density at radius 1 is 0.938 bits per heavy atom. The van der Waals surface area contributed by atoms with E-state index < -0.39 is 0 Å². The van der Waals surface area contributed by atoms with Gasteiger partial charge in [-0.15, -0.1) is 24.0 Å². The van der Waals surface area contributed by atoms with Gasteiger partial charge in [0.05, 0.1) is 20.2 Å². The summed E-state index contributed by atoms with van der Waals surface area (Å²) in [7, 11) is 1.67. The minimum absolute atomic E-state index is 0. The van der Waals surface area contributed by atoms with Crippen LogP contribution >= 0.6 is 24.0 Å². The minimum atomic E-state index is 0. The number of benzene rings is 2. The number of hydrogen-bond donors (Lipinski definition) is 2. The van der Waals surface area contributed by atoms with Crippen LogP contribution in [0.2, 0.25) is 0 Å². The van der Waals surface area contributed by atoms with Gasteiger partial charge in [0.25, 0.3) is 5.56 Å².